The third kappa shape index (κ3) is 3.98. The molecule has 1 aliphatic rings. The molecule has 2 atom stereocenters. The Labute approximate surface area is 112 Å². The Morgan fingerprint density at radius 3 is 2.67 bits per heavy atom. The molecule has 0 aliphatic carbocycles. The van der Waals surface area contributed by atoms with Gasteiger partial charge in [0.25, 0.3) is 0 Å². The number of rotatable bonds is 7. The molecule has 0 spiro atoms. The third-order valence-corrected chi connectivity index (χ3v) is 4.11. The summed E-state index contributed by atoms with van der Waals surface area (Å²) in [5.41, 5.74) is 0. The van der Waals surface area contributed by atoms with Gasteiger partial charge in [0, 0.05) is 12.5 Å². The molecule has 18 heavy (non-hydrogen) atoms. The molecule has 0 aromatic carbocycles. The van der Waals surface area contributed by atoms with Gasteiger partial charge in [-0.1, -0.05) is 40.0 Å². The Kier molecular flexibility index (Phi) is 6.69. The van der Waals surface area contributed by atoms with Crippen LogP contribution in [0.3, 0.4) is 0 Å². The summed E-state index contributed by atoms with van der Waals surface area (Å²) in [6.45, 7) is 7.41. The van der Waals surface area contributed by atoms with Crippen molar-refractivity contribution in [3.8, 4) is 0 Å². The van der Waals surface area contributed by atoms with Gasteiger partial charge in [-0.15, -0.1) is 0 Å². The quantitative estimate of drug-likeness (QED) is 0.711. The zero-order chi connectivity index (χ0) is 13.5. The number of carbonyl (C=O) groups excluding carboxylic acids is 1. The van der Waals surface area contributed by atoms with Crippen LogP contribution >= 0.6 is 0 Å². The molecule has 0 radical (unpaired) electrons. The fourth-order valence-electron chi connectivity index (χ4n) is 2.88. The standard InChI is InChI=1S/C15H29NO2/c1-4-5-6-9-14(12(2)3)15(18)16-10-7-8-13(16)11-17/h12-14,17H,4-11H2,1-3H3/t13-,14-/m0/s1. The van der Waals surface area contributed by atoms with E-state index in [2.05, 4.69) is 20.8 Å². The van der Waals surface area contributed by atoms with Gasteiger partial charge in [0.2, 0.25) is 5.91 Å². The van der Waals surface area contributed by atoms with Crippen LogP contribution in [0.1, 0.15) is 59.3 Å². The minimum absolute atomic E-state index is 0.0740. The summed E-state index contributed by atoms with van der Waals surface area (Å²) in [7, 11) is 0. The first-order valence-corrected chi connectivity index (χ1v) is 7.53. The van der Waals surface area contributed by atoms with E-state index in [1.54, 1.807) is 0 Å². The number of aliphatic hydroxyl groups excluding tert-OH is 1. The van der Waals surface area contributed by atoms with Gasteiger partial charge in [-0.05, 0) is 25.2 Å². The number of carbonyl (C=O) groups is 1. The first-order valence-electron chi connectivity index (χ1n) is 7.53. The fourth-order valence-corrected chi connectivity index (χ4v) is 2.88. The maximum Gasteiger partial charge on any atom is 0.226 e. The highest BCUT2D eigenvalue weighted by molar-refractivity contribution is 5.79. The van der Waals surface area contributed by atoms with Crippen molar-refractivity contribution in [2.24, 2.45) is 11.8 Å². The van der Waals surface area contributed by atoms with Crippen molar-refractivity contribution in [3.05, 3.63) is 0 Å². The first-order chi connectivity index (χ1) is 8.61. The van der Waals surface area contributed by atoms with E-state index < -0.39 is 0 Å². The molecular formula is C15H29NO2. The SMILES string of the molecule is CCCCC[C@H](C(=O)N1CCC[C@H]1CO)C(C)C. The van der Waals surface area contributed by atoms with Gasteiger partial charge >= 0.3 is 0 Å². The molecule has 1 rings (SSSR count). The van der Waals surface area contributed by atoms with Crippen molar-refractivity contribution < 1.29 is 9.90 Å². The highest BCUT2D eigenvalue weighted by atomic mass is 16.3. The molecule has 3 nitrogen and oxygen atoms in total. The third-order valence-electron chi connectivity index (χ3n) is 4.11. The normalized spacial score (nSPS) is 21.6. The largest absolute Gasteiger partial charge is 0.394 e. The van der Waals surface area contributed by atoms with Crippen LogP contribution < -0.4 is 0 Å². The predicted molar refractivity (Wildman–Crippen MR) is 74.3 cm³/mol. The van der Waals surface area contributed by atoms with Crippen molar-refractivity contribution in [1.82, 2.24) is 4.90 Å². The molecule has 1 heterocycles. The molecule has 1 fully saturated rings. The molecule has 0 aromatic heterocycles. The molecule has 106 valence electrons. The second kappa shape index (κ2) is 7.78. The summed E-state index contributed by atoms with van der Waals surface area (Å²) in [6.07, 6.45) is 6.54. The zero-order valence-electron chi connectivity index (χ0n) is 12.2. The molecule has 1 aliphatic heterocycles. The lowest BCUT2D eigenvalue weighted by Gasteiger charge is -2.30. The molecule has 1 saturated heterocycles. The maximum atomic E-state index is 12.6. The minimum atomic E-state index is 0.0740. The van der Waals surface area contributed by atoms with Gasteiger partial charge in [-0.25, -0.2) is 0 Å². The van der Waals surface area contributed by atoms with Gasteiger partial charge in [0.05, 0.1) is 12.6 Å². The highest BCUT2D eigenvalue weighted by Gasteiger charge is 2.33. The van der Waals surface area contributed by atoms with Crippen molar-refractivity contribution in [2.75, 3.05) is 13.2 Å². The Morgan fingerprint density at radius 2 is 2.11 bits per heavy atom. The van der Waals surface area contributed by atoms with Crippen LogP contribution in [0.2, 0.25) is 0 Å². The van der Waals surface area contributed by atoms with E-state index in [0.29, 0.717) is 5.92 Å². The van der Waals surface area contributed by atoms with Gasteiger partial charge < -0.3 is 10.0 Å². The van der Waals surface area contributed by atoms with Crippen molar-refractivity contribution in [2.45, 2.75) is 65.3 Å². The number of unbranched alkanes of at least 4 members (excludes halogenated alkanes) is 2. The van der Waals surface area contributed by atoms with E-state index in [9.17, 15) is 9.90 Å². The smallest absolute Gasteiger partial charge is 0.226 e. The summed E-state index contributed by atoms with van der Waals surface area (Å²) in [5.74, 6) is 0.815. The molecule has 1 N–H and O–H groups in total. The Hall–Kier alpha value is -0.570. The van der Waals surface area contributed by atoms with E-state index >= 15 is 0 Å². The van der Waals surface area contributed by atoms with Crippen molar-refractivity contribution >= 4 is 5.91 Å². The summed E-state index contributed by atoms with van der Waals surface area (Å²) >= 11 is 0. The lowest BCUT2D eigenvalue weighted by Crippen LogP contribution is -2.42. The van der Waals surface area contributed by atoms with E-state index in [0.717, 1.165) is 32.2 Å². The first kappa shape index (κ1) is 15.5. The minimum Gasteiger partial charge on any atom is -0.394 e. The molecule has 0 bridgehead atoms. The van der Waals surface area contributed by atoms with Crippen molar-refractivity contribution in [3.63, 3.8) is 0 Å². The molecule has 0 unspecified atom stereocenters. The number of nitrogens with zero attached hydrogens (tertiary/aromatic N) is 1. The summed E-state index contributed by atoms with van der Waals surface area (Å²) in [5, 5.41) is 9.33. The second-order valence-corrected chi connectivity index (χ2v) is 5.86. The average molecular weight is 255 g/mol. The second-order valence-electron chi connectivity index (χ2n) is 5.86. The average Bonchev–Trinajstić information content (AvgIpc) is 2.81. The predicted octanol–water partition coefficient (Wildman–Crippen LogP) is 2.82. The zero-order valence-corrected chi connectivity index (χ0v) is 12.2. The molecule has 0 saturated carbocycles. The van der Waals surface area contributed by atoms with E-state index in [-0.39, 0.29) is 24.5 Å². The molecule has 1 amide bonds. The van der Waals surface area contributed by atoms with Gasteiger partial charge in [-0.3, -0.25) is 4.79 Å². The van der Waals surface area contributed by atoms with Crippen LogP contribution in [0.25, 0.3) is 0 Å². The summed E-state index contributed by atoms with van der Waals surface area (Å²) in [6, 6.07) is 0.0740. The Balaban J connectivity index is 2.58. The summed E-state index contributed by atoms with van der Waals surface area (Å²) < 4.78 is 0. The van der Waals surface area contributed by atoms with Crippen LogP contribution in [-0.2, 0) is 4.79 Å². The van der Waals surface area contributed by atoms with E-state index in [1.165, 1.54) is 12.8 Å². The van der Waals surface area contributed by atoms with E-state index in [1.807, 2.05) is 4.90 Å². The van der Waals surface area contributed by atoms with Crippen LogP contribution in [0.4, 0.5) is 0 Å². The number of likely N-dealkylation sites (tertiary alicyclic amines) is 1. The lowest BCUT2D eigenvalue weighted by atomic mass is 9.89. The van der Waals surface area contributed by atoms with Crippen molar-refractivity contribution in [1.29, 1.82) is 0 Å². The van der Waals surface area contributed by atoms with Gasteiger partial charge in [0.1, 0.15) is 0 Å². The number of hydrogen-bond acceptors (Lipinski definition) is 2. The number of aliphatic hydroxyl groups is 1. The van der Waals surface area contributed by atoms with E-state index in [4.69, 9.17) is 0 Å². The Bertz CT molecular complexity index is 253. The molecular weight excluding hydrogens is 226 g/mol. The Morgan fingerprint density at radius 1 is 1.39 bits per heavy atom. The van der Waals surface area contributed by atoms with Crippen LogP contribution in [0, 0.1) is 11.8 Å². The van der Waals surface area contributed by atoms with Crippen LogP contribution in [0.15, 0.2) is 0 Å². The molecule has 0 aromatic rings. The summed E-state index contributed by atoms with van der Waals surface area (Å²) in [4.78, 5) is 14.5. The van der Waals surface area contributed by atoms with Crippen LogP contribution in [0.5, 0.6) is 0 Å². The van der Waals surface area contributed by atoms with Crippen LogP contribution in [-0.4, -0.2) is 35.1 Å². The lowest BCUT2D eigenvalue weighted by molar-refractivity contribution is -0.138. The molecule has 3 heteroatoms. The van der Waals surface area contributed by atoms with Gasteiger partial charge in [-0.2, -0.15) is 0 Å². The van der Waals surface area contributed by atoms with Gasteiger partial charge in [0.15, 0.2) is 0 Å². The number of amides is 1. The monoisotopic (exact) mass is 255 g/mol. The number of hydrogen-bond donors (Lipinski definition) is 1. The topological polar surface area (TPSA) is 40.5 Å². The maximum absolute atomic E-state index is 12.6. The fraction of sp³-hybridized carbons (Fsp3) is 0.933. The highest BCUT2D eigenvalue weighted by Crippen LogP contribution is 2.26.